The smallest absolute Gasteiger partial charge is 0.338 e. The van der Waals surface area contributed by atoms with E-state index in [0.717, 1.165) is 0 Å². The van der Waals surface area contributed by atoms with E-state index in [1.54, 1.807) is 31.2 Å². The Morgan fingerprint density at radius 1 is 1.35 bits per heavy atom. The lowest BCUT2D eigenvalue weighted by Gasteiger charge is -2.44. The van der Waals surface area contributed by atoms with E-state index in [1.807, 2.05) is 6.07 Å². The van der Waals surface area contributed by atoms with Crippen molar-refractivity contribution in [3.8, 4) is 0 Å². The molecular weight excluding hydrogens is 300 g/mol. The summed E-state index contributed by atoms with van der Waals surface area (Å²) in [6.45, 7) is 1.72. The van der Waals surface area contributed by atoms with E-state index in [2.05, 4.69) is 0 Å². The fraction of sp³-hybridized carbons (Fsp3) is 0.529. The highest BCUT2D eigenvalue weighted by atomic mass is 16.8. The molecule has 1 aromatic carbocycles. The quantitative estimate of drug-likeness (QED) is 0.845. The Hall–Kier alpha value is -1.76. The Bertz CT molecular complexity index is 658. The summed E-state index contributed by atoms with van der Waals surface area (Å²) >= 11 is 0. The Morgan fingerprint density at radius 3 is 2.83 bits per heavy atom. The molecule has 6 heteroatoms. The molecule has 3 bridgehead atoms. The maximum Gasteiger partial charge on any atom is 0.338 e. The second kappa shape index (κ2) is 4.87. The second-order valence-electron chi connectivity index (χ2n) is 6.70. The maximum atomic E-state index is 12.3. The average molecular weight is 318 g/mol. The van der Waals surface area contributed by atoms with Crippen LogP contribution >= 0.6 is 0 Å². The van der Waals surface area contributed by atoms with Crippen molar-refractivity contribution in [3.05, 3.63) is 35.9 Å². The number of carbonyl (C=O) groups is 2. The highest BCUT2D eigenvalue weighted by Gasteiger charge is 2.69. The predicted octanol–water partition coefficient (Wildman–Crippen LogP) is 1.27. The van der Waals surface area contributed by atoms with Crippen LogP contribution in [0.2, 0.25) is 0 Å². The van der Waals surface area contributed by atoms with Gasteiger partial charge in [-0.15, -0.1) is 0 Å². The Kier molecular flexibility index (Phi) is 3.13. The van der Waals surface area contributed by atoms with Gasteiger partial charge in [0.25, 0.3) is 0 Å². The fourth-order valence-corrected chi connectivity index (χ4v) is 3.79. The number of hydrogen-bond acceptors (Lipinski definition) is 6. The van der Waals surface area contributed by atoms with E-state index < -0.39 is 29.6 Å². The van der Waals surface area contributed by atoms with E-state index >= 15 is 0 Å². The van der Waals surface area contributed by atoms with Crippen molar-refractivity contribution in [1.29, 1.82) is 0 Å². The highest BCUT2D eigenvalue weighted by Crippen LogP contribution is 2.56. The number of rotatable bonds is 3. The zero-order valence-corrected chi connectivity index (χ0v) is 12.7. The molecule has 0 radical (unpaired) electrons. The van der Waals surface area contributed by atoms with Crippen LogP contribution in [0.15, 0.2) is 30.3 Å². The molecule has 2 saturated heterocycles. The SMILES string of the molecule is C[C@]12CC(=O)[C@@H]3C[C@@]1(O)O[C@H](O2)C3COC(=O)c1ccccc1. The molecular formula is C17H18O6. The summed E-state index contributed by atoms with van der Waals surface area (Å²) in [5.74, 6) is -2.63. The largest absolute Gasteiger partial charge is 0.462 e. The third-order valence-electron chi connectivity index (χ3n) is 5.22. The van der Waals surface area contributed by atoms with Crippen LogP contribution in [0.5, 0.6) is 0 Å². The van der Waals surface area contributed by atoms with Gasteiger partial charge in [-0.1, -0.05) is 18.2 Å². The number of fused-ring (bicyclic) bond motifs is 2. The van der Waals surface area contributed by atoms with Gasteiger partial charge >= 0.3 is 5.97 Å². The van der Waals surface area contributed by atoms with E-state index in [4.69, 9.17) is 14.2 Å². The molecule has 1 unspecified atom stereocenters. The van der Waals surface area contributed by atoms with Gasteiger partial charge in [-0.05, 0) is 19.1 Å². The predicted molar refractivity (Wildman–Crippen MR) is 77.3 cm³/mol. The van der Waals surface area contributed by atoms with Crippen LogP contribution in [-0.4, -0.2) is 41.1 Å². The summed E-state index contributed by atoms with van der Waals surface area (Å²) < 4.78 is 16.8. The van der Waals surface area contributed by atoms with Gasteiger partial charge in [-0.2, -0.15) is 0 Å². The normalized spacial score (nSPS) is 41.1. The van der Waals surface area contributed by atoms with Gasteiger partial charge in [0.15, 0.2) is 12.1 Å². The molecule has 1 saturated carbocycles. The van der Waals surface area contributed by atoms with Crippen LogP contribution in [-0.2, 0) is 19.0 Å². The number of esters is 1. The zero-order valence-electron chi connectivity index (χ0n) is 12.7. The molecule has 1 aromatic rings. The van der Waals surface area contributed by atoms with E-state index in [1.165, 1.54) is 0 Å². The van der Waals surface area contributed by atoms with Crippen molar-refractivity contribution in [2.24, 2.45) is 11.8 Å². The summed E-state index contributed by atoms with van der Waals surface area (Å²) in [4.78, 5) is 24.4. The van der Waals surface area contributed by atoms with Gasteiger partial charge in [0, 0.05) is 18.8 Å². The Morgan fingerprint density at radius 2 is 2.09 bits per heavy atom. The molecule has 2 heterocycles. The van der Waals surface area contributed by atoms with Crippen LogP contribution in [0.25, 0.3) is 0 Å². The van der Waals surface area contributed by atoms with Crippen molar-refractivity contribution < 1.29 is 28.9 Å². The molecule has 1 N–H and O–H groups in total. The summed E-state index contributed by atoms with van der Waals surface area (Å²) in [6, 6.07) is 8.67. The first-order chi connectivity index (χ1) is 10.9. The summed E-state index contributed by atoms with van der Waals surface area (Å²) in [5.41, 5.74) is -0.556. The van der Waals surface area contributed by atoms with Crippen LogP contribution < -0.4 is 0 Å². The van der Waals surface area contributed by atoms with Crippen LogP contribution in [0.1, 0.15) is 30.1 Å². The number of Topliss-reactive ketones (excluding diaryl/α,β-unsaturated/α-hetero) is 1. The lowest BCUT2D eigenvalue weighted by Crippen LogP contribution is -2.59. The topological polar surface area (TPSA) is 82.1 Å². The Balaban J connectivity index is 1.50. The molecule has 23 heavy (non-hydrogen) atoms. The maximum absolute atomic E-state index is 12.3. The third kappa shape index (κ3) is 2.13. The minimum Gasteiger partial charge on any atom is -0.462 e. The van der Waals surface area contributed by atoms with Gasteiger partial charge in [0.1, 0.15) is 18.0 Å². The molecule has 3 aliphatic rings. The van der Waals surface area contributed by atoms with Gasteiger partial charge in [-0.3, -0.25) is 4.79 Å². The number of carbonyl (C=O) groups excluding carboxylic acids is 2. The van der Waals surface area contributed by atoms with Gasteiger partial charge in [0.2, 0.25) is 0 Å². The van der Waals surface area contributed by atoms with Crippen molar-refractivity contribution in [3.63, 3.8) is 0 Å². The molecule has 4 rings (SSSR count). The first-order valence-corrected chi connectivity index (χ1v) is 7.75. The molecule has 0 aromatic heterocycles. The molecule has 3 fully saturated rings. The fourth-order valence-electron chi connectivity index (χ4n) is 3.79. The molecule has 0 amide bonds. The number of hydrogen-bond donors (Lipinski definition) is 1. The van der Waals surface area contributed by atoms with Crippen LogP contribution in [0.3, 0.4) is 0 Å². The standard InChI is InChI=1S/C17H18O6/c1-16-8-13(18)11-7-17(16,20)23-15(22-16)12(11)9-21-14(19)10-5-3-2-4-6-10/h2-6,11-12,15,20H,7-9H2,1H3/t11-,12?,15+,16+,17-/m1/s1. The zero-order chi connectivity index (χ0) is 16.2. The number of ether oxygens (including phenoxy) is 3. The van der Waals surface area contributed by atoms with Crippen molar-refractivity contribution in [1.82, 2.24) is 0 Å². The summed E-state index contributed by atoms with van der Waals surface area (Å²) in [5, 5.41) is 10.6. The monoisotopic (exact) mass is 318 g/mol. The minimum atomic E-state index is -1.42. The highest BCUT2D eigenvalue weighted by molar-refractivity contribution is 5.89. The Labute approximate surface area is 133 Å². The van der Waals surface area contributed by atoms with Crippen molar-refractivity contribution in [2.45, 2.75) is 37.4 Å². The molecule has 122 valence electrons. The van der Waals surface area contributed by atoms with Crippen molar-refractivity contribution in [2.75, 3.05) is 6.61 Å². The lowest BCUT2D eigenvalue weighted by atomic mass is 9.70. The average Bonchev–Trinajstić information content (AvgIpc) is 2.69. The van der Waals surface area contributed by atoms with Crippen molar-refractivity contribution >= 4 is 11.8 Å². The lowest BCUT2D eigenvalue weighted by molar-refractivity contribution is -0.271. The first-order valence-electron chi connectivity index (χ1n) is 7.75. The van der Waals surface area contributed by atoms with Gasteiger partial charge in [0.05, 0.1) is 11.5 Å². The summed E-state index contributed by atoms with van der Waals surface area (Å²) in [7, 11) is 0. The van der Waals surface area contributed by atoms with Gasteiger partial charge < -0.3 is 19.3 Å². The van der Waals surface area contributed by atoms with E-state index in [-0.39, 0.29) is 31.1 Å². The number of aliphatic hydroxyl groups is 1. The summed E-state index contributed by atoms with van der Waals surface area (Å²) in [6.07, 6.45) is -0.418. The van der Waals surface area contributed by atoms with Gasteiger partial charge in [-0.25, -0.2) is 4.79 Å². The van der Waals surface area contributed by atoms with Crippen LogP contribution in [0.4, 0.5) is 0 Å². The van der Waals surface area contributed by atoms with E-state index in [0.29, 0.717) is 5.56 Å². The molecule has 1 aliphatic carbocycles. The minimum absolute atomic E-state index is 0.0287. The second-order valence-corrected chi connectivity index (χ2v) is 6.70. The molecule has 5 atom stereocenters. The van der Waals surface area contributed by atoms with Crippen LogP contribution in [0, 0.1) is 11.8 Å². The van der Waals surface area contributed by atoms with E-state index in [9.17, 15) is 14.7 Å². The molecule has 6 nitrogen and oxygen atoms in total. The third-order valence-corrected chi connectivity index (χ3v) is 5.22. The molecule has 0 spiro atoms. The molecule has 2 aliphatic heterocycles. The number of benzene rings is 1. The number of ketones is 1. The first kappa shape index (κ1) is 14.8.